The molecule has 4 nitrogen and oxygen atoms in total. The number of rotatable bonds is 3. The van der Waals surface area contributed by atoms with Gasteiger partial charge < -0.3 is 4.74 Å². The minimum absolute atomic E-state index is 0.177. The monoisotopic (exact) mass is 248 g/mol. The predicted octanol–water partition coefficient (Wildman–Crippen LogP) is 2.41. The number of hydrogen-bond acceptors (Lipinski definition) is 3. The van der Waals surface area contributed by atoms with Crippen molar-refractivity contribution in [2.45, 2.75) is 45.3 Å². The molecule has 0 aliphatic carbocycles. The largest absolute Gasteiger partial charge is 0.378 e. The summed E-state index contributed by atoms with van der Waals surface area (Å²) in [5.74, 6) is 0. The second kappa shape index (κ2) is 5.48. The van der Waals surface area contributed by atoms with Crippen molar-refractivity contribution in [2.75, 3.05) is 6.61 Å². The Morgan fingerprint density at radius 2 is 2.44 bits per heavy atom. The Hall–Kier alpha value is -1.42. The van der Waals surface area contributed by atoms with E-state index in [1.165, 1.54) is 0 Å². The lowest BCUT2D eigenvalue weighted by atomic mass is 10.0. The van der Waals surface area contributed by atoms with Crippen LogP contribution in [-0.2, 0) is 4.74 Å². The maximum absolute atomic E-state index is 12.0. The van der Waals surface area contributed by atoms with E-state index in [2.05, 4.69) is 18.5 Å². The number of ether oxygens (including phenoxy) is 1. The Labute approximate surface area is 107 Å². The number of nitrogens with zero attached hydrogens (tertiary/aromatic N) is 2. The van der Waals surface area contributed by atoms with E-state index >= 15 is 0 Å². The van der Waals surface area contributed by atoms with Crippen LogP contribution in [0.25, 0.3) is 5.57 Å². The van der Waals surface area contributed by atoms with Gasteiger partial charge in [0.2, 0.25) is 0 Å². The molecule has 1 aromatic heterocycles. The second-order valence-electron chi connectivity index (χ2n) is 4.84. The minimum atomic E-state index is -0.183. The van der Waals surface area contributed by atoms with Gasteiger partial charge in [0.15, 0.2) is 0 Å². The van der Waals surface area contributed by atoms with Crippen molar-refractivity contribution < 1.29 is 4.74 Å². The molecule has 18 heavy (non-hydrogen) atoms. The molecule has 0 aromatic carbocycles. The topological polar surface area (TPSA) is 44.1 Å². The third-order valence-electron chi connectivity index (χ3n) is 3.48. The average Bonchev–Trinajstić information content (AvgIpc) is 2.38. The standard InChI is InChI=1S/C14H20N2O2/c1-4-12-9-11(6-8-18-12)16-13(10(2)3)5-7-15-14(16)17/h5,7,11-12H,2,4,6,8-9H2,1,3H3. The number of hydrogen-bond donors (Lipinski definition) is 0. The van der Waals surface area contributed by atoms with Crippen LogP contribution in [0.3, 0.4) is 0 Å². The fraction of sp³-hybridized carbons (Fsp3) is 0.571. The molecule has 2 rings (SSSR count). The van der Waals surface area contributed by atoms with Crippen LogP contribution in [0.2, 0.25) is 0 Å². The van der Waals surface area contributed by atoms with Crippen molar-refractivity contribution in [1.29, 1.82) is 0 Å². The van der Waals surface area contributed by atoms with Gasteiger partial charge in [-0.3, -0.25) is 4.57 Å². The van der Waals surface area contributed by atoms with Crippen molar-refractivity contribution in [3.63, 3.8) is 0 Å². The number of aromatic nitrogens is 2. The quantitative estimate of drug-likeness (QED) is 0.825. The van der Waals surface area contributed by atoms with Gasteiger partial charge in [-0.1, -0.05) is 13.5 Å². The van der Waals surface area contributed by atoms with E-state index in [-0.39, 0.29) is 17.8 Å². The van der Waals surface area contributed by atoms with E-state index in [0.717, 1.165) is 30.5 Å². The van der Waals surface area contributed by atoms with Crippen LogP contribution in [0.4, 0.5) is 0 Å². The highest BCUT2D eigenvalue weighted by molar-refractivity contribution is 5.57. The first-order valence-electron chi connectivity index (χ1n) is 6.48. The van der Waals surface area contributed by atoms with Gasteiger partial charge >= 0.3 is 5.69 Å². The summed E-state index contributed by atoms with van der Waals surface area (Å²) in [6, 6.07) is 2.04. The van der Waals surface area contributed by atoms with Crippen LogP contribution in [0.15, 0.2) is 23.6 Å². The minimum Gasteiger partial charge on any atom is -0.378 e. The molecule has 0 spiro atoms. The Kier molecular flexibility index (Phi) is 3.97. The van der Waals surface area contributed by atoms with Crippen molar-refractivity contribution in [3.05, 3.63) is 35.0 Å². The van der Waals surface area contributed by atoms with E-state index in [9.17, 15) is 4.79 Å². The highest BCUT2D eigenvalue weighted by Crippen LogP contribution is 2.27. The Morgan fingerprint density at radius 1 is 1.67 bits per heavy atom. The lowest BCUT2D eigenvalue weighted by molar-refractivity contribution is -0.00812. The summed E-state index contributed by atoms with van der Waals surface area (Å²) in [6.45, 7) is 8.68. The van der Waals surface area contributed by atoms with Gasteiger partial charge in [-0.15, -0.1) is 0 Å². The molecule has 0 amide bonds. The summed E-state index contributed by atoms with van der Waals surface area (Å²) in [7, 11) is 0. The molecule has 1 aliphatic rings. The molecule has 2 heterocycles. The third kappa shape index (κ3) is 2.53. The van der Waals surface area contributed by atoms with Gasteiger partial charge in [0.05, 0.1) is 6.10 Å². The molecule has 1 aromatic rings. The molecule has 4 heteroatoms. The van der Waals surface area contributed by atoms with Crippen LogP contribution < -0.4 is 5.69 Å². The van der Waals surface area contributed by atoms with E-state index < -0.39 is 0 Å². The van der Waals surface area contributed by atoms with Crippen LogP contribution in [0.1, 0.15) is 44.8 Å². The van der Waals surface area contributed by atoms with Gasteiger partial charge in [-0.2, -0.15) is 0 Å². The zero-order chi connectivity index (χ0) is 13.1. The molecule has 98 valence electrons. The van der Waals surface area contributed by atoms with Crippen LogP contribution >= 0.6 is 0 Å². The zero-order valence-electron chi connectivity index (χ0n) is 11.1. The van der Waals surface area contributed by atoms with Gasteiger partial charge in [0.1, 0.15) is 0 Å². The first-order chi connectivity index (χ1) is 8.63. The van der Waals surface area contributed by atoms with E-state index in [4.69, 9.17) is 4.74 Å². The molecule has 0 saturated carbocycles. The summed E-state index contributed by atoms with van der Waals surface area (Å²) in [5, 5.41) is 0. The van der Waals surface area contributed by atoms with E-state index in [0.29, 0.717) is 6.61 Å². The average molecular weight is 248 g/mol. The molecule has 1 fully saturated rings. The Bertz CT molecular complexity index is 493. The fourth-order valence-electron chi connectivity index (χ4n) is 2.50. The molecule has 0 N–H and O–H groups in total. The lowest BCUT2D eigenvalue weighted by Gasteiger charge is -2.31. The highest BCUT2D eigenvalue weighted by Gasteiger charge is 2.25. The summed E-state index contributed by atoms with van der Waals surface area (Å²) in [4.78, 5) is 15.9. The first-order valence-corrected chi connectivity index (χ1v) is 6.48. The first kappa shape index (κ1) is 13.0. The number of allylic oxidation sites excluding steroid dienone is 1. The van der Waals surface area contributed by atoms with E-state index in [1.807, 2.05) is 13.0 Å². The SMILES string of the molecule is C=C(C)c1ccnc(=O)n1C1CCOC(CC)C1. The second-order valence-corrected chi connectivity index (χ2v) is 4.84. The molecule has 1 aliphatic heterocycles. The Morgan fingerprint density at radius 3 is 3.11 bits per heavy atom. The van der Waals surface area contributed by atoms with E-state index in [1.54, 1.807) is 10.8 Å². The summed E-state index contributed by atoms with van der Waals surface area (Å²) in [6.07, 6.45) is 4.52. The smallest absolute Gasteiger partial charge is 0.348 e. The van der Waals surface area contributed by atoms with Crippen LogP contribution in [0.5, 0.6) is 0 Å². The van der Waals surface area contributed by atoms with Gasteiger partial charge in [0.25, 0.3) is 0 Å². The van der Waals surface area contributed by atoms with Gasteiger partial charge in [0, 0.05) is 24.5 Å². The zero-order valence-corrected chi connectivity index (χ0v) is 11.1. The molecular weight excluding hydrogens is 228 g/mol. The molecule has 0 radical (unpaired) electrons. The van der Waals surface area contributed by atoms with Crippen molar-refractivity contribution in [2.24, 2.45) is 0 Å². The van der Waals surface area contributed by atoms with Crippen molar-refractivity contribution in [1.82, 2.24) is 9.55 Å². The van der Waals surface area contributed by atoms with Crippen molar-refractivity contribution >= 4 is 5.57 Å². The Balaban J connectivity index is 2.37. The normalized spacial score (nSPS) is 23.9. The summed E-state index contributed by atoms with van der Waals surface area (Å²) >= 11 is 0. The van der Waals surface area contributed by atoms with Crippen LogP contribution in [-0.4, -0.2) is 22.3 Å². The molecule has 0 bridgehead atoms. The maximum Gasteiger partial charge on any atom is 0.348 e. The van der Waals surface area contributed by atoms with Gasteiger partial charge in [-0.05, 0) is 37.8 Å². The molecular formula is C14H20N2O2. The highest BCUT2D eigenvalue weighted by atomic mass is 16.5. The fourth-order valence-corrected chi connectivity index (χ4v) is 2.50. The molecule has 2 unspecified atom stereocenters. The maximum atomic E-state index is 12.0. The van der Waals surface area contributed by atoms with Crippen molar-refractivity contribution in [3.8, 4) is 0 Å². The molecule has 1 saturated heterocycles. The third-order valence-corrected chi connectivity index (χ3v) is 3.48. The molecule has 2 atom stereocenters. The van der Waals surface area contributed by atoms with Gasteiger partial charge in [-0.25, -0.2) is 9.78 Å². The predicted molar refractivity (Wildman–Crippen MR) is 71.5 cm³/mol. The lowest BCUT2D eigenvalue weighted by Crippen LogP contribution is -2.35. The summed E-state index contributed by atoms with van der Waals surface area (Å²) < 4.78 is 7.45. The summed E-state index contributed by atoms with van der Waals surface area (Å²) in [5.41, 5.74) is 1.60. The van der Waals surface area contributed by atoms with Crippen LogP contribution in [0, 0.1) is 0 Å².